The fourth-order valence-corrected chi connectivity index (χ4v) is 2.82. The molecule has 0 unspecified atom stereocenters. The molecule has 0 aliphatic heterocycles. The van der Waals surface area contributed by atoms with Crippen molar-refractivity contribution in [3.63, 3.8) is 0 Å². The van der Waals surface area contributed by atoms with E-state index in [1.165, 1.54) is 17.7 Å². The highest BCUT2D eigenvalue weighted by Crippen LogP contribution is 2.23. The molecule has 4 rings (SSSR count). The first kappa shape index (κ1) is 16.0. The highest BCUT2D eigenvalue weighted by Gasteiger charge is 2.11. The van der Waals surface area contributed by atoms with Crippen molar-refractivity contribution in [1.29, 1.82) is 0 Å². The zero-order valence-electron chi connectivity index (χ0n) is 14.1. The van der Waals surface area contributed by atoms with Crippen LogP contribution < -0.4 is 5.32 Å². The smallest absolute Gasteiger partial charge is 0.258 e. The summed E-state index contributed by atoms with van der Waals surface area (Å²) >= 11 is 0. The Labute approximate surface area is 149 Å². The van der Waals surface area contributed by atoms with E-state index in [1.807, 2.05) is 31.2 Å². The number of aromatic nitrogens is 2. The average molecular weight is 345 g/mol. The van der Waals surface area contributed by atoms with E-state index in [0.717, 1.165) is 22.4 Å². The largest absolute Gasteiger partial charge is 0.338 e. The number of carbonyl (C=O) groups excluding carboxylic acids is 1. The van der Waals surface area contributed by atoms with Crippen LogP contribution in [-0.2, 0) is 0 Å². The molecule has 0 atom stereocenters. The minimum Gasteiger partial charge on any atom is -0.338 e. The van der Waals surface area contributed by atoms with Crippen LogP contribution in [0.25, 0.3) is 22.4 Å². The second-order valence-electron chi connectivity index (χ2n) is 6.12. The molecule has 128 valence electrons. The summed E-state index contributed by atoms with van der Waals surface area (Å²) in [6, 6.07) is 19.2. The van der Waals surface area contributed by atoms with Crippen molar-refractivity contribution in [3.05, 3.63) is 83.7 Å². The molecule has 0 radical (unpaired) electrons. The zero-order chi connectivity index (χ0) is 18.1. The first-order valence-corrected chi connectivity index (χ1v) is 8.23. The van der Waals surface area contributed by atoms with E-state index in [-0.39, 0.29) is 5.56 Å². The Balaban J connectivity index is 1.56. The molecule has 4 aromatic rings. The number of aromatic amines is 1. The van der Waals surface area contributed by atoms with E-state index in [0.29, 0.717) is 5.69 Å². The van der Waals surface area contributed by atoms with Gasteiger partial charge in [-0.05, 0) is 61.0 Å². The van der Waals surface area contributed by atoms with Crippen LogP contribution >= 0.6 is 0 Å². The molecule has 0 aliphatic carbocycles. The van der Waals surface area contributed by atoms with Gasteiger partial charge in [0, 0.05) is 11.3 Å². The maximum atomic E-state index is 13.7. The van der Waals surface area contributed by atoms with Crippen LogP contribution in [-0.4, -0.2) is 15.9 Å². The van der Waals surface area contributed by atoms with E-state index in [1.54, 1.807) is 24.3 Å². The second-order valence-corrected chi connectivity index (χ2v) is 6.12. The number of hydrogen-bond acceptors (Lipinski definition) is 2. The second kappa shape index (κ2) is 6.44. The molecule has 4 nitrogen and oxygen atoms in total. The van der Waals surface area contributed by atoms with Gasteiger partial charge in [-0.1, -0.05) is 18.2 Å². The highest BCUT2D eigenvalue weighted by atomic mass is 19.1. The Kier molecular flexibility index (Phi) is 3.97. The molecule has 26 heavy (non-hydrogen) atoms. The maximum Gasteiger partial charge on any atom is 0.258 e. The molecule has 0 aliphatic rings. The molecule has 1 amide bonds. The van der Waals surface area contributed by atoms with E-state index < -0.39 is 11.7 Å². The number of aryl methyl sites for hydroxylation is 1. The van der Waals surface area contributed by atoms with Gasteiger partial charge in [-0.2, -0.15) is 0 Å². The third-order valence-electron chi connectivity index (χ3n) is 4.17. The molecule has 2 N–H and O–H groups in total. The van der Waals surface area contributed by atoms with E-state index in [4.69, 9.17) is 0 Å². The topological polar surface area (TPSA) is 57.8 Å². The normalized spacial score (nSPS) is 10.8. The summed E-state index contributed by atoms with van der Waals surface area (Å²) < 4.78 is 13.7. The van der Waals surface area contributed by atoms with E-state index in [2.05, 4.69) is 21.4 Å². The fourth-order valence-electron chi connectivity index (χ4n) is 2.82. The van der Waals surface area contributed by atoms with Crippen LogP contribution in [0.15, 0.2) is 66.7 Å². The summed E-state index contributed by atoms with van der Waals surface area (Å²) in [6.07, 6.45) is 0. The number of nitrogens with one attached hydrogen (secondary N) is 2. The molecule has 0 saturated heterocycles. The minimum atomic E-state index is -0.542. The third-order valence-corrected chi connectivity index (χ3v) is 4.17. The summed E-state index contributed by atoms with van der Waals surface area (Å²) in [5.41, 5.74) is 4.57. The van der Waals surface area contributed by atoms with Crippen molar-refractivity contribution in [2.24, 2.45) is 0 Å². The monoisotopic (exact) mass is 345 g/mol. The first-order valence-electron chi connectivity index (χ1n) is 8.23. The molecule has 5 heteroatoms. The van der Waals surface area contributed by atoms with Gasteiger partial charge in [0.15, 0.2) is 0 Å². The number of carbonyl (C=O) groups is 1. The number of benzene rings is 3. The lowest BCUT2D eigenvalue weighted by atomic mass is 10.1. The predicted molar refractivity (Wildman–Crippen MR) is 101 cm³/mol. The average Bonchev–Trinajstić information content (AvgIpc) is 3.05. The number of amides is 1. The number of fused-ring (bicyclic) bond motifs is 1. The molecule has 0 saturated carbocycles. The molecular formula is C21H16FN3O. The number of hydrogen-bond donors (Lipinski definition) is 2. The zero-order valence-corrected chi connectivity index (χ0v) is 14.1. The van der Waals surface area contributed by atoms with Gasteiger partial charge in [-0.25, -0.2) is 9.37 Å². The lowest BCUT2D eigenvalue weighted by Crippen LogP contribution is -2.13. The third kappa shape index (κ3) is 3.07. The van der Waals surface area contributed by atoms with Crippen LogP contribution in [0.5, 0.6) is 0 Å². The van der Waals surface area contributed by atoms with Crippen molar-refractivity contribution < 1.29 is 9.18 Å². The highest BCUT2D eigenvalue weighted by molar-refractivity contribution is 6.04. The first-order chi connectivity index (χ1) is 12.6. The number of nitrogens with zero attached hydrogens (tertiary/aromatic N) is 1. The summed E-state index contributed by atoms with van der Waals surface area (Å²) in [5, 5.41) is 2.70. The lowest BCUT2D eigenvalue weighted by molar-refractivity contribution is 0.102. The van der Waals surface area contributed by atoms with Crippen LogP contribution in [0.4, 0.5) is 10.1 Å². The van der Waals surface area contributed by atoms with Crippen molar-refractivity contribution in [2.45, 2.75) is 6.92 Å². The molecule has 0 bridgehead atoms. The van der Waals surface area contributed by atoms with Gasteiger partial charge >= 0.3 is 0 Å². The molecule has 0 spiro atoms. The molecule has 0 fully saturated rings. The van der Waals surface area contributed by atoms with Crippen LogP contribution in [0, 0.1) is 12.7 Å². The maximum absolute atomic E-state index is 13.7. The quantitative estimate of drug-likeness (QED) is 0.553. The Morgan fingerprint density at radius 3 is 2.58 bits per heavy atom. The minimum absolute atomic E-state index is 0.0178. The molecule has 3 aromatic carbocycles. The van der Waals surface area contributed by atoms with Gasteiger partial charge in [0.05, 0.1) is 16.6 Å². The molecule has 1 heterocycles. The van der Waals surface area contributed by atoms with Gasteiger partial charge in [0.1, 0.15) is 11.6 Å². The van der Waals surface area contributed by atoms with Crippen LogP contribution in [0.2, 0.25) is 0 Å². The van der Waals surface area contributed by atoms with Gasteiger partial charge in [0.2, 0.25) is 0 Å². The Bertz CT molecular complexity index is 1100. The van der Waals surface area contributed by atoms with Gasteiger partial charge in [0.25, 0.3) is 5.91 Å². The van der Waals surface area contributed by atoms with Crippen molar-refractivity contribution in [3.8, 4) is 11.4 Å². The SMILES string of the molecule is Cc1ccc2nc(-c3ccc(NC(=O)c4ccccc4F)cc3)[nH]c2c1. The Morgan fingerprint density at radius 1 is 1.04 bits per heavy atom. The summed E-state index contributed by atoms with van der Waals surface area (Å²) in [6.45, 7) is 2.03. The predicted octanol–water partition coefficient (Wildman–Crippen LogP) is 4.93. The van der Waals surface area contributed by atoms with Crippen molar-refractivity contribution >= 4 is 22.6 Å². The van der Waals surface area contributed by atoms with Gasteiger partial charge in [-0.3, -0.25) is 4.79 Å². The number of imidazole rings is 1. The lowest BCUT2D eigenvalue weighted by Gasteiger charge is -2.06. The van der Waals surface area contributed by atoms with Crippen molar-refractivity contribution in [2.75, 3.05) is 5.32 Å². The van der Waals surface area contributed by atoms with Crippen LogP contribution in [0.1, 0.15) is 15.9 Å². The van der Waals surface area contributed by atoms with Gasteiger partial charge in [-0.15, -0.1) is 0 Å². The van der Waals surface area contributed by atoms with Crippen molar-refractivity contribution in [1.82, 2.24) is 9.97 Å². The fraction of sp³-hybridized carbons (Fsp3) is 0.0476. The Morgan fingerprint density at radius 2 is 1.81 bits per heavy atom. The Hall–Kier alpha value is -3.47. The molecular weight excluding hydrogens is 329 g/mol. The molecule has 1 aromatic heterocycles. The number of H-pyrrole nitrogens is 1. The standard InChI is InChI=1S/C21H16FN3O/c1-13-6-11-18-19(12-13)25-20(24-18)14-7-9-15(10-8-14)23-21(26)16-4-2-3-5-17(16)22/h2-12H,1H3,(H,23,26)(H,24,25). The summed E-state index contributed by atoms with van der Waals surface area (Å²) in [4.78, 5) is 20.0. The number of halogens is 1. The van der Waals surface area contributed by atoms with E-state index in [9.17, 15) is 9.18 Å². The number of rotatable bonds is 3. The van der Waals surface area contributed by atoms with Gasteiger partial charge < -0.3 is 10.3 Å². The van der Waals surface area contributed by atoms with E-state index >= 15 is 0 Å². The van der Waals surface area contributed by atoms with Crippen LogP contribution in [0.3, 0.4) is 0 Å². The summed E-state index contributed by atoms with van der Waals surface area (Å²) in [5.74, 6) is -0.258. The number of anilines is 1. The summed E-state index contributed by atoms with van der Waals surface area (Å²) in [7, 11) is 0.